The third kappa shape index (κ3) is 8.49. The zero-order chi connectivity index (χ0) is 13.0. The number of allylic oxidation sites excluding steroid dienone is 2. The van der Waals surface area contributed by atoms with Gasteiger partial charge >= 0.3 is 11.3 Å². The van der Waals surface area contributed by atoms with Crippen LogP contribution in [0.3, 0.4) is 0 Å². The van der Waals surface area contributed by atoms with E-state index >= 15 is 0 Å². The summed E-state index contributed by atoms with van der Waals surface area (Å²) in [7, 11) is 1.74. The van der Waals surface area contributed by atoms with Gasteiger partial charge in [-0.1, -0.05) is 31.1 Å². The van der Waals surface area contributed by atoms with Crippen LogP contribution in [0.15, 0.2) is 24.3 Å². The monoisotopic (exact) mass is 224 g/mol. The fraction of sp³-hybridized carbons (Fsp3) is 0.643. The number of methoxy groups -OCH3 is 1. The molecule has 0 fully saturated rings. The summed E-state index contributed by atoms with van der Waals surface area (Å²) >= 11 is 0. The van der Waals surface area contributed by atoms with Crippen molar-refractivity contribution in [2.24, 2.45) is 0 Å². The zero-order valence-corrected chi connectivity index (χ0v) is 11.0. The first-order valence-electron chi connectivity index (χ1n) is 5.62. The van der Waals surface area contributed by atoms with Crippen molar-refractivity contribution in [2.75, 3.05) is 7.11 Å². The molecule has 0 heterocycles. The molecule has 0 bridgehead atoms. The van der Waals surface area contributed by atoms with Crippen molar-refractivity contribution in [3.8, 4) is 0 Å². The number of hydrogen-bond acceptors (Lipinski definition) is 1. The van der Waals surface area contributed by atoms with Gasteiger partial charge in [0, 0.05) is 7.11 Å². The summed E-state index contributed by atoms with van der Waals surface area (Å²) in [5, 5.41) is 0. The van der Waals surface area contributed by atoms with Crippen LogP contribution < -0.4 is 0 Å². The molecule has 1 atom stereocenters. The van der Waals surface area contributed by atoms with Crippen LogP contribution in [0.4, 0.5) is 0 Å². The normalized spacial score (nSPS) is 14.5. The van der Waals surface area contributed by atoms with Crippen LogP contribution in [0.2, 0.25) is 0 Å². The summed E-state index contributed by atoms with van der Waals surface area (Å²) in [6.07, 6.45) is 8.71. The Morgan fingerprint density at radius 2 is 2.06 bits per heavy atom. The maximum atomic E-state index is 7.50. The Balaban J connectivity index is 0. The molecule has 0 saturated heterocycles. The second-order valence-corrected chi connectivity index (χ2v) is 4.06. The van der Waals surface area contributed by atoms with Crippen molar-refractivity contribution >= 4 is 0 Å². The van der Waals surface area contributed by atoms with Gasteiger partial charge in [-0.15, -0.1) is 6.58 Å². The van der Waals surface area contributed by atoms with E-state index in [0.29, 0.717) is 0 Å². The Labute approximate surface area is 100 Å². The molecule has 0 saturated carbocycles. The molecule has 0 aliphatic carbocycles. The van der Waals surface area contributed by atoms with E-state index in [1.807, 2.05) is 6.08 Å². The molecule has 1 unspecified atom stereocenters. The molecule has 0 radical (unpaired) electrons. The van der Waals surface area contributed by atoms with Gasteiger partial charge < -0.3 is 4.74 Å². The third-order valence-electron chi connectivity index (χ3n) is 2.68. The van der Waals surface area contributed by atoms with Gasteiger partial charge in [0.2, 0.25) is 0 Å². The predicted molar refractivity (Wildman–Crippen MR) is 67.4 cm³/mol. The van der Waals surface area contributed by atoms with E-state index in [4.69, 9.17) is 9.39 Å². The van der Waals surface area contributed by atoms with Crippen LogP contribution >= 0.6 is 0 Å². The molecule has 92 valence electrons. The van der Waals surface area contributed by atoms with Gasteiger partial charge in [-0.05, 0) is 33.1 Å². The summed E-state index contributed by atoms with van der Waals surface area (Å²) in [5.41, 5.74) is 1.32. The summed E-state index contributed by atoms with van der Waals surface area (Å²) in [4.78, 5) is 0. The van der Waals surface area contributed by atoms with Gasteiger partial charge in [0.25, 0.3) is 0 Å². The van der Waals surface area contributed by atoms with Crippen molar-refractivity contribution in [1.29, 1.82) is 0 Å². The van der Waals surface area contributed by atoms with Crippen molar-refractivity contribution in [3.63, 3.8) is 0 Å². The second-order valence-electron chi connectivity index (χ2n) is 4.06. The second kappa shape index (κ2) is 10.7. The van der Waals surface area contributed by atoms with Gasteiger partial charge in [0.1, 0.15) is 0 Å². The summed E-state index contributed by atoms with van der Waals surface area (Å²) in [6, 6.07) is 0. The van der Waals surface area contributed by atoms with E-state index < -0.39 is 0 Å². The average Bonchev–Trinajstić information content (AvgIpc) is 2.32. The van der Waals surface area contributed by atoms with Crippen LogP contribution in [0, 0.1) is 6.65 Å². The molecule has 2 nitrogen and oxygen atoms in total. The van der Waals surface area contributed by atoms with Crippen LogP contribution in [-0.2, 0) is 9.39 Å². The third-order valence-corrected chi connectivity index (χ3v) is 2.68. The molecule has 0 aromatic carbocycles. The Bertz CT molecular complexity index is 228. The Morgan fingerprint density at radius 3 is 2.44 bits per heavy atom. The van der Waals surface area contributed by atoms with Gasteiger partial charge in [0.15, 0.2) is 0 Å². The molecule has 0 N–H and O–H groups in total. The van der Waals surface area contributed by atoms with E-state index in [9.17, 15) is 0 Å². The molecule has 0 rings (SSSR count). The van der Waals surface area contributed by atoms with Gasteiger partial charge in [-0.3, -0.25) is 0 Å². The number of hydrogen-bond donors (Lipinski definition) is 0. The predicted octanol–water partition coefficient (Wildman–Crippen LogP) is 4.07. The fourth-order valence-corrected chi connectivity index (χ4v) is 1.39. The fourth-order valence-electron chi connectivity index (χ4n) is 1.39. The van der Waals surface area contributed by atoms with Crippen molar-refractivity contribution in [2.45, 2.75) is 52.1 Å². The molecule has 0 aliphatic heterocycles. The number of rotatable bonds is 7. The van der Waals surface area contributed by atoms with Crippen molar-refractivity contribution < 1.29 is 9.39 Å². The topological polar surface area (TPSA) is 29.1 Å². The zero-order valence-electron chi connectivity index (χ0n) is 11.0. The van der Waals surface area contributed by atoms with E-state index in [1.165, 1.54) is 18.4 Å². The summed E-state index contributed by atoms with van der Waals surface area (Å²) in [6.45, 7) is 14.8. The van der Waals surface area contributed by atoms with Crippen LogP contribution in [0.25, 0.3) is 0 Å². The minimum atomic E-state index is -0.164. The first-order chi connectivity index (χ1) is 7.58. The Morgan fingerprint density at radius 1 is 1.50 bits per heavy atom. The van der Waals surface area contributed by atoms with E-state index in [0.717, 1.165) is 12.8 Å². The van der Waals surface area contributed by atoms with Crippen LogP contribution in [0.1, 0.15) is 46.5 Å². The maximum absolute atomic E-state index is 7.50. The Kier molecular flexibility index (Phi) is 11.7. The quantitative estimate of drug-likeness (QED) is 0.364. The van der Waals surface area contributed by atoms with E-state index in [-0.39, 0.29) is 5.60 Å². The average molecular weight is 224 g/mol. The SMILES string of the molecule is C=CC(C)(CC/C=C(\C)CCC)OC.[C-]#[O+]. The minimum absolute atomic E-state index is 0.164. The van der Waals surface area contributed by atoms with Crippen molar-refractivity contribution in [3.05, 3.63) is 31.0 Å². The van der Waals surface area contributed by atoms with E-state index in [1.54, 1.807) is 7.11 Å². The summed E-state index contributed by atoms with van der Waals surface area (Å²) < 4.78 is 12.9. The first kappa shape index (κ1) is 17.6. The van der Waals surface area contributed by atoms with Crippen molar-refractivity contribution in [1.82, 2.24) is 0 Å². The van der Waals surface area contributed by atoms with E-state index in [2.05, 4.69) is 40.1 Å². The molecule has 0 aliphatic rings. The molecule has 2 heteroatoms. The molecule has 0 aromatic heterocycles. The molecular formula is C14H24O2. The van der Waals surface area contributed by atoms with Gasteiger partial charge in [-0.25, -0.2) is 0 Å². The van der Waals surface area contributed by atoms with Crippen LogP contribution in [-0.4, -0.2) is 12.7 Å². The molecule has 16 heavy (non-hydrogen) atoms. The first-order valence-corrected chi connectivity index (χ1v) is 5.62. The van der Waals surface area contributed by atoms with Gasteiger partial charge in [0.05, 0.1) is 5.60 Å². The molecule has 0 aromatic rings. The standard InChI is InChI=1S/C13H24O.CO/c1-6-9-12(3)10-8-11-13(4,7-2)14-5;1-2/h7,10H,2,6,8-9,11H2,1,3-5H3;/b12-10+;. The summed E-state index contributed by atoms with van der Waals surface area (Å²) in [5.74, 6) is 0. The molecule has 0 amide bonds. The van der Waals surface area contributed by atoms with Gasteiger partial charge in [-0.2, -0.15) is 0 Å². The molecule has 0 spiro atoms. The number of ether oxygens (including phenoxy) is 1. The molecular weight excluding hydrogens is 200 g/mol. The van der Waals surface area contributed by atoms with Crippen LogP contribution in [0.5, 0.6) is 0 Å². The Hall–Kier alpha value is -0.820.